The molecule has 7 heteroatoms. The summed E-state index contributed by atoms with van der Waals surface area (Å²) < 4.78 is 2.07. The van der Waals surface area contributed by atoms with Crippen molar-refractivity contribution in [2.24, 2.45) is 0 Å². The van der Waals surface area contributed by atoms with Crippen molar-refractivity contribution < 1.29 is 0 Å². The first-order valence-electron chi connectivity index (χ1n) is 11.3. The van der Waals surface area contributed by atoms with Crippen molar-refractivity contribution >= 4 is 27.2 Å². The molecule has 0 unspecified atom stereocenters. The number of aryl methyl sites for hydroxylation is 2. The molecule has 1 saturated heterocycles. The summed E-state index contributed by atoms with van der Waals surface area (Å²) in [6, 6.07) is 7.17. The Hall–Kier alpha value is -2.12. The van der Waals surface area contributed by atoms with Crippen LogP contribution in [0.1, 0.15) is 43.2 Å². The fraction of sp³-hybridized carbons (Fsp3) is 0.565. The number of aromatic nitrogens is 3. The van der Waals surface area contributed by atoms with E-state index in [1.807, 2.05) is 0 Å². The molecule has 1 aliphatic carbocycles. The molecule has 0 atom stereocenters. The first-order chi connectivity index (χ1) is 14.6. The predicted molar refractivity (Wildman–Crippen MR) is 126 cm³/mol. The first kappa shape index (κ1) is 19.8. The Morgan fingerprint density at radius 2 is 1.77 bits per heavy atom. The Morgan fingerprint density at radius 1 is 1.00 bits per heavy atom. The third-order valence-corrected chi connectivity index (χ3v) is 7.66. The van der Waals surface area contributed by atoms with Gasteiger partial charge in [0.05, 0.1) is 0 Å². The molecule has 3 heterocycles. The summed E-state index contributed by atoms with van der Waals surface area (Å²) in [5, 5.41) is 9.96. The summed E-state index contributed by atoms with van der Waals surface area (Å²) in [7, 11) is 2.19. The highest BCUT2D eigenvalue weighted by Crippen LogP contribution is 2.35. The van der Waals surface area contributed by atoms with Gasteiger partial charge < -0.3 is 15.1 Å². The molecule has 2 aliphatic rings. The lowest BCUT2D eigenvalue weighted by Gasteiger charge is -2.31. The molecule has 30 heavy (non-hydrogen) atoms. The molecule has 160 valence electrons. The smallest absolute Gasteiger partial charge is 0.216 e. The monoisotopic (exact) mass is 424 g/mol. The topological polar surface area (TPSA) is 48.7 Å². The van der Waals surface area contributed by atoms with Crippen LogP contribution >= 0.6 is 11.3 Å². The minimum absolute atomic E-state index is 0.512. The largest absolute Gasteiger partial charge is 0.365 e. The zero-order valence-corrected chi connectivity index (χ0v) is 19.1. The van der Waals surface area contributed by atoms with Crippen LogP contribution in [0.2, 0.25) is 0 Å². The second-order valence-corrected chi connectivity index (χ2v) is 9.89. The molecule has 1 aliphatic heterocycles. The number of fused-ring (bicyclic) bond motifs is 1. The molecule has 1 saturated carbocycles. The maximum absolute atomic E-state index is 5.07. The highest BCUT2D eigenvalue weighted by Gasteiger charge is 2.24. The summed E-state index contributed by atoms with van der Waals surface area (Å²) in [5.74, 6) is 1.07. The van der Waals surface area contributed by atoms with Crippen molar-refractivity contribution in [3.63, 3.8) is 0 Å². The van der Waals surface area contributed by atoms with Gasteiger partial charge in [-0.2, -0.15) is 4.52 Å². The SMILES string of the molecule is Cc1ccc(-c2nc3sc(N4CCN(C)CC4)nn3c2NC2CCCCC2)cc1C. The number of benzene rings is 1. The van der Waals surface area contributed by atoms with Crippen molar-refractivity contribution in [1.82, 2.24) is 19.5 Å². The second kappa shape index (κ2) is 8.19. The van der Waals surface area contributed by atoms with Crippen molar-refractivity contribution in [1.29, 1.82) is 0 Å². The molecular weight excluding hydrogens is 392 g/mol. The molecule has 0 bridgehead atoms. The van der Waals surface area contributed by atoms with Crippen LogP contribution < -0.4 is 10.2 Å². The first-order valence-corrected chi connectivity index (χ1v) is 12.1. The van der Waals surface area contributed by atoms with E-state index in [2.05, 4.69) is 58.7 Å². The molecule has 3 aromatic rings. The highest BCUT2D eigenvalue weighted by molar-refractivity contribution is 7.20. The second-order valence-electron chi connectivity index (χ2n) is 8.96. The molecular formula is C23H32N6S. The molecule has 6 nitrogen and oxygen atoms in total. The fourth-order valence-corrected chi connectivity index (χ4v) is 5.48. The number of likely N-dealkylation sites (N-methyl/N-ethyl adjacent to an activating group) is 1. The van der Waals surface area contributed by atoms with Crippen LogP contribution in [0.15, 0.2) is 18.2 Å². The number of nitrogens with one attached hydrogen (secondary N) is 1. The van der Waals surface area contributed by atoms with Crippen LogP contribution in [0.4, 0.5) is 10.9 Å². The lowest BCUT2D eigenvalue weighted by atomic mass is 9.95. The third-order valence-electron chi connectivity index (χ3n) is 6.69. The predicted octanol–water partition coefficient (Wildman–Crippen LogP) is 4.57. The Balaban J connectivity index is 1.53. The molecule has 1 aromatic carbocycles. The van der Waals surface area contributed by atoms with Gasteiger partial charge in [0.15, 0.2) is 5.82 Å². The van der Waals surface area contributed by atoms with E-state index in [4.69, 9.17) is 10.1 Å². The molecule has 2 aromatic heterocycles. The molecule has 5 rings (SSSR count). The van der Waals surface area contributed by atoms with E-state index in [1.165, 1.54) is 48.8 Å². The van der Waals surface area contributed by atoms with E-state index < -0.39 is 0 Å². The number of rotatable bonds is 4. The molecule has 1 N–H and O–H groups in total. The number of hydrogen-bond donors (Lipinski definition) is 1. The number of piperazine rings is 1. The van der Waals surface area contributed by atoms with Crippen molar-refractivity contribution in [2.45, 2.75) is 52.0 Å². The third kappa shape index (κ3) is 3.81. The molecule has 0 amide bonds. The zero-order valence-electron chi connectivity index (χ0n) is 18.3. The average molecular weight is 425 g/mol. The van der Waals surface area contributed by atoms with Crippen molar-refractivity contribution in [2.75, 3.05) is 43.4 Å². The number of nitrogens with zero attached hydrogens (tertiary/aromatic N) is 5. The van der Waals surface area contributed by atoms with E-state index in [0.29, 0.717) is 6.04 Å². The van der Waals surface area contributed by atoms with Gasteiger partial charge in [0.2, 0.25) is 10.1 Å². The standard InChI is InChI=1S/C23H32N6S/c1-16-9-10-18(15-17(16)2)20-21(24-19-7-5-4-6-8-19)29-22(25-20)30-23(26-29)28-13-11-27(3)12-14-28/h9-10,15,19,24H,4-8,11-14H2,1-3H3. The van der Waals surface area contributed by atoms with E-state index in [9.17, 15) is 0 Å². The lowest BCUT2D eigenvalue weighted by Crippen LogP contribution is -2.44. The van der Waals surface area contributed by atoms with Crippen LogP contribution in [-0.2, 0) is 0 Å². The van der Waals surface area contributed by atoms with Gasteiger partial charge in [-0.05, 0) is 50.9 Å². The number of anilines is 2. The van der Waals surface area contributed by atoms with E-state index in [-0.39, 0.29) is 0 Å². The van der Waals surface area contributed by atoms with E-state index in [1.54, 1.807) is 11.3 Å². The number of hydrogen-bond acceptors (Lipinski definition) is 6. The minimum atomic E-state index is 0.512. The normalized spacial score (nSPS) is 19.0. The summed E-state index contributed by atoms with van der Waals surface area (Å²) in [6.45, 7) is 8.57. The summed E-state index contributed by atoms with van der Waals surface area (Å²) in [4.78, 5) is 10.8. The summed E-state index contributed by atoms with van der Waals surface area (Å²) in [5.41, 5.74) is 4.83. The van der Waals surface area contributed by atoms with Crippen LogP contribution in [0, 0.1) is 13.8 Å². The van der Waals surface area contributed by atoms with Gasteiger partial charge in [-0.15, -0.1) is 5.10 Å². The van der Waals surface area contributed by atoms with Gasteiger partial charge in [0.1, 0.15) is 5.69 Å². The van der Waals surface area contributed by atoms with E-state index in [0.717, 1.165) is 47.8 Å². The Bertz CT molecular complexity index is 1020. The van der Waals surface area contributed by atoms with Gasteiger partial charge in [-0.3, -0.25) is 0 Å². The van der Waals surface area contributed by atoms with Gasteiger partial charge in [-0.1, -0.05) is 42.7 Å². The molecule has 2 fully saturated rings. The van der Waals surface area contributed by atoms with Crippen molar-refractivity contribution in [3.05, 3.63) is 29.3 Å². The van der Waals surface area contributed by atoms with Crippen LogP contribution in [-0.4, -0.2) is 58.8 Å². The average Bonchev–Trinajstić information content (AvgIpc) is 3.31. The summed E-state index contributed by atoms with van der Waals surface area (Å²) in [6.07, 6.45) is 6.43. The van der Waals surface area contributed by atoms with Gasteiger partial charge in [0, 0.05) is 37.8 Å². The van der Waals surface area contributed by atoms with Gasteiger partial charge in [0.25, 0.3) is 0 Å². The summed E-state index contributed by atoms with van der Waals surface area (Å²) >= 11 is 1.71. The number of imidazole rings is 1. The Labute approximate surface area is 182 Å². The van der Waals surface area contributed by atoms with E-state index >= 15 is 0 Å². The maximum atomic E-state index is 5.07. The van der Waals surface area contributed by atoms with Crippen LogP contribution in [0.3, 0.4) is 0 Å². The highest BCUT2D eigenvalue weighted by atomic mass is 32.1. The Kier molecular flexibility index (Phi) is 5.41. The fourth-order valence-electron chi connectivity index (χ4n) is 4.52. The van der Waals surface area contributed by atoms with Gasteiger partial charge >= 0.3 is 0 Å². The lowest BCUT2D eigenvalue weighted by molar-refractivity contribution is 0.312. The van der Waals surface area contributed by atoms with Crippen molar-refractivity contribution in [3.8, 4) is 11.3 Å². The van der Waals surface area contributed by atoms with Gasteiger partial charge in [-0.25, -0.2) is 4.98 Å². The maximum Gasteiger partial charge on any atom is 0.216 e. The molecule has 0 radical (unpaired) electrons. The zero-order chi connectivity index (χ0) is 20.7. The van der Waals surface area contributed by atoms with Crippen LogP contribution in [0.25, 0.3) is 16.2 Å². The Morgan fingerprint density at radius 3 is 2.50 bits per heavy atom. The molecule has 0 spiro atoms. The van der Waals surface area contributed by atoms with Crippen LogP contribution in [0.5, 0.6) is 0 Å². The minimum Gasteiger partial charge on any atom is -0.365 e. The quantitative estimate of drug-likeness (QED) is 0.665.